The Hall–Kier alpha value is -0.850. The summed E-state index contributed by atoms with van der Waals surface area (Å²) in [6.45, 7) is 24.2. The minimum Gasteiger partial charge on any atom is -0.300 e. The molecule has 0 radical (unpaired) electrons. The normalized spacial score (nSPS) is 10.7. The maximum absolute atomic E-state index is 9.81. The topological polar surface area (TPSA) is 17.1 Å². The zero-order valence-corrected chi connectivity index (χ0v) is 19.3. The van der Waals surface area contributed by atoms with Gasteiger partial charge < -0.3 is 4.79 Å². The van der Waals surface area contributed by atoms with Crippen LogP contribution < -0.4 is 0 Å². The minimum atomic E-state index is 0.255. The minimum absolute atomic E-state index is 0.255. The number of ketones is 1. The number of rotatable bonds is 3. The Labute approximate surface area is 156 Å². The number of unbranched alkanes of at least 4 members (excludes halogenated alkanes) is 2. The number of allylic oxidation sites excluding steroid dienone is 4. The third-order valence-corrected chi connectivity index (χ3v) is 2.89. The molecule has 1 nitrogen and oxygen atoms in total. The number of Topliss-reactive ketones (excluding diaryl/α,β-unsaturated/α-hetero) is 1. The Morgan fingerprint density at radius 2 is 1.04 bits per heavy atom. The van der Waals surface area contributed by atoms with Crippen LogP contribution in [0.15, 0.2) is 23.3 Å². The monoisotopic (exact) mass is 342 g/mol. The summed E-state index contributed by atoms with van der Waals surface area (Å²) in [5, 5.41) is 0. The van der Waals surface area contributed by atoms with Crippen LogP contribution in [-0.2, 0) is 4.79 Å². The first-order chi connectivity index (χ1) is 11.5. The largest absolute Gasteiger partial charge is 0.300 e. The van der Waals surface area contributed by atoms with E-state index in [0.29, 0.717) is 6.42 Å². The molecule has 0 heterocycles. The molecule has 0 unspecified atom stereocenters. The molecule has 1 rings (SSSR count). The molecule has 0 aromatic heterocycles. The first kappa shape index (κ1) is 34.5. The van der Waals surface area contributed by atoms with Gasteiger partial charge in [-0.3, -0.25) is 0 Å². The van der Waals surface area contributed by atoms with Gasteiger partial charge in [0.15, 0.2) is 0 Å². The molecule has 0 aromatic carbocycles. The molecule has 0 bridgehead atoms. The number of carbonyl (C=O) groups is 1. The molecule has 0 fully saturated rings. The lowest BCUT2D eigenvalue weighted by Gasteiger charge is -2.05. The van der Waals surface area contributed by atoms with Crippen molar-refractivity contribution in [3.8, 4) is 0 Å². The summed E-state index contributed by atoms with van der Waals surface area (Å²) in [5.74, 6) is 0.255. The van der Waals surface area contributed by atoms with Crippen LogP contribution in [0.25, 0.3) is 0 Å². The summed E-state index contributed by atoms with van der Waals surface area (Å²) >= 11 is 0. The standard InChI is InChI=1S/C8H12.C5H12.C4H8O.3C2H6/c1-7-5-3-4-6-8(7)2;1-3-5-4-2;1-3-4(2)5;3*1-2/h5-6H,3-4H2,1-2H3;3-5H2,1-2H3;3H2,1-2H3;3*1-2H3. The second kappa shape index (κ2) is 38.0. The van der Waals surface area contributed by atoms with Gasteiger partial charge in [-0.15, -0.1) is 0 Å². The molecule has 0 atom stereocenters. The zero-order chi connectivity index (χ0) is 20.4. The molecule has 0 spiro atoms. The van der Waals surface area contributed by atoms with Gasteiger partial charge >= 0.3 is 0 Å². The average molecular weight is 343 g/mol. The van der Waals surface area contributed by atoms with Gasteiger partial charge in [0.25, 0.3) is 0 Å². The third-order valence-electron chi connectivity index (χ3n) is 2.89. The van der Waals surface area contributed by atoms with E-state index >= 15 is 0 Å². The molecular weight excluding hydrogens is 292 g/mol. The zero-order valence-electron chi connectivity index (χ0n) is 19.3. The maximum Gasteiger partial charge on any atom is 0.129 e. The number of hydrogen-bond acceptors (Lipinski definition) is 1. The average Bonchev–Trinajstić information content (AvgIpc) is 2.64. The maximum atomic E-state index is 9.81. The lowest BCUT2D eigenvalue weighted by Crippen LogP contribution is -1.85. The van der Waals surface area contributed by atoms with Gasteiger partial charge in [0.05, 0.1) is 0 Å². The van der Waals surface area contributed by atoms with E-state index in [0.717, 1.165) is 0 Å². The van der Waals surface area contributed by atoms with Crippen molar-refractivity contribution in [3.05, 3.63) is 23.3 Å². The quantitative estimate of drug-likeness (QED) is 0.500. The van der Waals surface area contributed by atoms with Crippen LogP contribution in [0.4, 0.5) is 0 Å². The SMILES string of the molecule is CC.CC.CC.CC1=CCCC=C1C.CCC(C)=O.CCCCC. The van der Waals surface area contributed by atoms with Crippen molar-refractivity contribution in [3.63, 3.8) is 0 Å². The highest BCUT2D eigenvalue weighted by molar-refractivity contribution is 5.74. The molecule has 1 heteroatoms. The Kier molecular flexibility index (Phi) is 54.6. The van der Waals surface area contributed by atoms with Gasteiger partial charge in [-0.2, -0.15) is 0 Å². The summed E-state index contributed by atoms with van der Waals surface area (Å²) < 4.78 is 0. The fourth-order valence-electron chi connectivity index (χ4n) is 1.28. The first-order valence-electron chi connectivity index (χ1n) is 10.3. The first-order valence-corrected chi connectivity index (χ1v) is 10.3. The highest BCUT2D eigenvalue weighted by Crippen LogP contribution is 2.16. The van der Waals surface area contributed by atoms with Crippen LogP contribution in [0.1, 0.15) is 122 Å². The van der Waals surface area contributed by atoms with Gasteiger partial charge in [-0.1, -0.05) is 105 Å². The summed E-state index contributed by atoms with van der Waals surface area (Å²) in [7, 11) is 0. The van der Waals surface area contributed by atoms with E-state index in [4.69, 9.17) is 0 Å². The van der Waals surface area contributed by atoms with Gasteiger partial charge in [-0.25, -0.2) is 0 Å². The third kappa shape index (κ3) is 42.9. The van der Waals surface area contributed by atoms with E-state index in [2.05, 4.69) is 39.8 Å². The highest BCUT2D eigenvalue weighted by Gasteiger charge is 1.95. The number of hydrogen-bond donors (Lipinski definition) is 0. The second-order valence-electron chi connectivity index (χ2n) is 4.76. The lowest BCUT2D eigenvalue weighted by atomic mass is 10.0. The van der Waals surface area contributed by atoms with E-state index in [1.807, 2.05) is 48.5 Å². The molecule has 0 saturated carbocycles. The Balaban J connectivity index is -0.0000000670. The van der Waals surface area contributed by atoms with Crippen LogP contribution in [-0.4, -0.2) is 5.78 Å². The predicted molar refractivity (Wildman–Crippen MR) is 117 cm³/mol. The van der Waals surface area contributed by atoms with Crippen molar-refractivity contribution >= 4 is 5.78 Å². The molecule has 1 aliphatic rings. The predicted octanol–water partition coefficient (Wildman–Crippen LogP) is 8.93. The molecule has 0 saturated heterocycles. The van der Waals surface area contributed by atoms with Crippen molar-refractivity contribution in [2.24, 2.45) is 0 Å². The molecule has 148 valence electrons. The van der Waals surface area contributed by atoms with E-state index in [1.54, 1.807) is 6.92 Å². The Morgan fingerprint density at radius 1 is 0.792 bits per heavy atom. The van der Waals surface area contributed by atoms with E-state index in [1.165, 1.54) is 43.3 Å². The molecule has 0 N–H and O–H groups in total. The summed E-state index contributed by atoms with van der Waals surface area (Å²) in [6.07, 6.45) is 11.8. The molecule has 1 aliphatic carbocycles. The van der Waals surface area contributed by atoms with Crippen molar-refractivity contribution in [2.45, 2.75) is 122 Å². The van der Waals surface area contributed by atoms with Crippen molar-refractivity contribution < 1.29 is 4.79 Å². The van der Waals surface area contributed by atoms with Crippen molar-refractivity contribution in [1.29, 1.82) is 0 Å². The van der Waals surface area contributed by atoms with Crippen molar-refractivity contribution in [1.82, 2.24) is 0 Å². The summed E-state index contributed by atoms with van der Waals surface area (Å²) in [6, 6.07) is 0. The smallest absolute Gasteiger partial charge is 0.129 e. The fourth-order valence-corrected chi connectivity index (χ4v) is 1.28. The van der Waals surface area contributed by atoms with Crippen LogP contribution >= 0.6 is 0 Å². The Morgan fingerprint density at radius 3 is 1.12 bits per heavy atom. The van der Waals surface area contributed by atoms with E-state index < -0.39 is 0 Å². The van der Waals surface area contributed by atoms with Gasteiger partial charge in [0.2, 0.25) is 0 Å². The molecule has 0 aliphatic heterocycles. The summed E-state index contributed by atoms with van der Waals surface area (Å²) in [4.78, 5) is 9.81. The Bertz CT molecular complexity index is 239. The van der Waals surface area contributed by atoms with Crippen LogP contribution in [0.5, 0.6) is 0 Å². The molecule has 0 amide bonds. The van der Waals surface area contributed by atoms with Gasteiger partial charge in [0.1, 0.15) is 5.78 Å². The van der Waals surface area contributed by atoms with E-state index in [9.17, 15) is 4.79 Å². The second-order valence-corrected chi connectivity index (χ2v) is 4.76. The number of carbonyl (C=O) groups excluding carboxylic acids is 1. The van der Waals surface area contributed by atoms with Gasteiger partial charge in [0, 0.05) is 6.42 Å². The highest BCUT2D eigenvalue weighted by atomic mass is 16.1. The summed E-state index contributed by atoms with van der Waals surface area (Å²) in [5.41, 5.74) is 2.91. The van der Waals surface area contributed by atoms with Crippen LogP contribution in [0.2, 0.25) is 0 Å². The van der Waals surface area contributed by atoms with Crippen LogP contribution in [0, 0.1) is 0 Å². The van der Waals surface area contributed by atoms with Crippen LogP contribution in [0.3, 0.4) is 0 Å². The van der Waals surface area contributed by atoms with Gasteiger partial charge in [-0.05, 0) is 33.6 Å². The molecule has 0 aromatic rings. The van der Waals surface area contributed by atoms with Crippen molar-refractivity contribution in [2.75, 3.05) is 0 Å². The molecular formula is C23H50O. The van der Waals surface area contributed by atoms with E-state index in [-0.39, 0.29) is 5.78 Å². The fraction of sp³-hybridized carbons (Fsp3) is 0.783. The lowest BCUT2D eigenvalue weighted by molar-refractivity contribution is -0.116. The molecule has 24 heavy (non-hydrogen) atoms.